The fourth-order valence-electron chi connectivity index (χ4n) is 2.51. The van der Waals surface area contributed by atoms with Crippen LogP contribution in [0.25, 0.3) is 0 Å². The number of aryl methyl sites for hydroxylation is 1. The minimum Gasteiger partial charge on any atom is -0.370 e. The molecule has 0 aromatic heterocycles. The standard InChI is InChI=1S/C21H19FN2O/c1-15-7-11-19(12-8-15)24-21(25)20(16-5-3-2-4-6-16)23-18-13-9-17(22)10-14-18/h2-14,20,23H,1H3,(H,24,25)/t20-/m0/s1. The number of rotatable bonds is 5. The van der Waals surface area contributed by atoms with Crippen LogP contribution >= 0.6 is 0 Å². The molecule has 0 saturated heterocycles. The van der Waals surface area contributed by atoms with Gasteiger partial charge < -0.3 is 10.6 Å². The molecule has 3 nitrogen and oxygen atoms in total. The summed E-state index contributed by atoms with van der Waals surface area (Å²) in [6, 6.07) is 22.4. The Bertz CT molecular complexity index is 830. The Labute approximate surface area is 146 Å². The van der Waals surface area contributed by atoms with Crippen molar-refractivity contribution in [1.82, 2.24) is 0 Å². The van der Waals surface area contributed by atoms with Crippen molar-refractivity contribution in [2.75, 3.05) is 10.6 Å². The Hall–Kier alpha value is -3.14. The first-order valence-electron chi connectivity index (χ1n) is 8.06. The molecular formula is C21H19FN2O. The van der Waals surface area contributed by atoms with Crippen LogP contribution in [0, 0.1) is 12.7 Å². The second-order valence-corrected chi connectivity index (χ2v) is 5.85. The van der Waals surface area contributed by atoms with Crippen molar-refractivity contribution >= 4 is 17.3 Å². The smallest absolute Gasteiger partial charge is 0.251 e. The van der Waals surface area contributed by atoms with Crippen LogP contribution in [0.5, 0.6) is 0 Å². The first-order chi connectivity index (χ1) is 12.1. The fourth-order valence-corrected chi connectivity index (χ4v) is 2.51. The molecule has 0 aliphatic rings. The van der Waals surface area contributed by atoms with Crippen molar-refractivity contribution in [3.63, 3.8) is 0 Å². The number of anilines is 2. The molecule has 3 rings (SSSR count). The molecule has 0 aliphatic heterocycles. The average Bonchev–Trinajstić information content (AvgIpc) is 2.64. The lowest BCUT2D eigenvalue weighted by atomic mass is 10.1. The predicted octanol–water partition coefficient (Wildman–Crippen LogP) is 4.93. The van der Waals surface area contributed by atoms with Gasteiger partial charge in [-0.1, -0.05) is 48.0 Å². The zero-order valence-corrected chi connectivity index (χ0v) is 13.9. The molecule has 1 amide bonds. The maximum absolute atomic E-state index is 13.1. The van der Waals surface area contributed by atoms with Gasteiger partial charge in [0.25, 0.3) is 5.91 Å². The summed E-state index contributed by atoms with van der Waals surface area (Å²) in [5.41, 5.74) is 3.37. The predicted molar refractivity (Wildman–Crippen MR) is 99.0 cm³/mol. The summed E-state index contributed by atoms with van der Waals surface area (Å²) in [5, 5.41) is 6.10. The fraction of sp³-hybridized carbons (Fsp3) is 0.0952. The van der Waals surface area contributed by atoms with E-state index in [0.29, 0.717) is 5.69 Å². The summed E-state index contributed by atoms with van der Waals surface area (Å²) in [6.07, 6.45) is 0. The Balaban J connectivity index is 1.83. The molecule has 0 bridgehead atoms. The van der Waals surface area contributed by atoms with Crippen LogP contribution in [0.4, 0.5) is 15.8 Å². The normalized spacial score (nSPS) is 11.6. The molecule has 4 heteroatoms. The molecule has 3 aromatic carbocycles. The van der Waals surface area contributed by atoms with Gasteiger partial charge in [-0.25, -0.2) is 4.39 Å². The zero-order chi connectivity index (χ0) is 17.6. The van der Waals surface area contributed by atoms with Gasteiger partial charge in [-0.15, -0.1) is 0 Å². The molecule has 0 fully saturated rings. The van der Waals surface area contributed by atoms with Gasteiger partial charge in [0.1, 0.15) is 11.9 Å². The van der Waals surface area contributed by atoms with Crippen LogP contribution in [-0.2, 0) is 4.79 Å². The van der Waals surface area contributed by atoms with Gasteiger partial charge in [0.05, 0.1) is 0 Å². The van der Waals surface area contributed by atoms with Gasteiger partial charge in [0, 0.05) is 11.4 Å². The minimum atomic E-state index is -0.590. The number of hydrogen-bond acceptors (Lipinski definition) is 2. The second-order valence-electron chi connectivity index (χ2n) is 5.85. The molecule has 0 spiro atoms. The summed E-state index contributed by atoms with van der Waals surface area (Å²) in [7, 11) is 0. The first-order valence-corrected chi connectivity index (χ1v) is 8.06. The molecule has 3 aromatic rings. The van der Waals surface area contributed by atoms with E-state index in [1.807, 2.05) is 61.5 Å². The highest BCUT2D eigenvalue weighted by atomic mass is 19.1. The molecule has 126 valence electrons. The molecule has 1 atom stereocenters. The molecule has 2 N–H and O–H groups in total. The van der Waals surface area contributed by atoms with Gasteiger partial charge in [-0.3, -0.25) is 4.79 Å². The highest BCUT2D eigenvalue weighted by molar-refractivity contribution is 5.97. The number of halogens is 1. The average molecular weight is 334 g/mol. The van der Waals surface area contributed by atoms with E-state index in [1.54, 1.807) is 12.1 Å². The molecule has 0 aliphatic carbocycles. The lowest BCUT2D eigenvalue weighted by molar-refractivity contribution is -0.117. The van der Waals surface area contributed by atoms with Crippen LogP contribution in [-0.4, -0.2) is 5.91 Å². The third-order valence-electron chi connectivity index (χ3n) is 3.87. The highest BCUT2D eigenvalue weighted by Crippen LogP contribution is 2.22. The number of carbonyl (C=O) groups is 1. The Kier molecular flexibility index (Phi) is 5.09. The SMILES string of the molecule is Cc1ccc(NC(=O)[C@@H](Nc2ccc(F)cc2)c2ccccc2)cc1. The summed E-state index contributed by atoms with van der Waals surface area (Å²) in [6.45, 7) is 1.99. The van der Waals surface area contributed by atoms with Gasteiger partial charge in [0.2, 0.25) is 0 Å². The van der Waals surface area contributed by atoms with Crippen molar-refractivity contribution in [3.05, 3.63) is 95.8 Å². The highest BCUT2D eigenvalue weighted by Gasteiger charge is 2.20. The van der Waals surface area contributed by atoms with E-state index in [-0.39, 0.29) is 11.7 Å². The molecule has 0 saturated carbocycles. The largest absolute Gasteiger partial charge is 0.370 e. The van der Waals surface area contributed by atoms with E-state index in [0.717, 1.165) is 16.8 Å². The van der Waals surface area contributed by atoms with Crippen molar-refractivity contribution in [2.24, 2.45) is 0 Å². The van der Waals surface area contributed by atoms with E-state index in [4.69, 9.17) is 0 Å². The van der Waals surface area contributed by atoms with E-state index in [9.17, 15) is 9.18 Å². The molecule has 0 heterocycles. The van der Waals surface area contributed by atoms with Gasteiger partial charge >= 0.3 is 0 Å². The summed E-state index contributed by atoms with van der Waals surface area (Å²) in [4.78, 5) is 12.8. The minimum absolute atomic E-state index is 0.181. The third-order valence-corrected chi connectivity index (χ3v) is 3.87. The van der Waals surface area contributed by atoms with Crippen LogP contribution < -0.4 is 10.6 Å². The lowest BCUT2D eigenvalue weighted by Crippen LogP contribution is -2.27. The summed E-state index contributed by atoms with van der Waals surface area (Å²) < 4.78 is 13.1. The van der Waals surface area contributed by atoms with E-state index in [2.05, 4.69) is 10.6 Å². The Morgan fingerprint density at radius 2 is 1.44 bits per heavy atom. The number of hydrogen-bond donors (Lipinski definition) is 2. The number of carbonyl (C=O) groups excluding carboxylic acids is 1. The zero-order valence-electron chi connectivity index (χ0n) is 13.9. The summed E-state index contributed by atoms with van der Waals surface area (Å²) in [5.74, 6) is -0.495. The first kappa shape index (κ1) is 16.7. The number of benzene rings is 3. The van der Waals surface area contributed by atoms with Crippen LogP contribution in [0.1, 0.15) is 17.2 Å². The topological polar surface area (TPSA) is 41.1 Å². The lowest BCUT2D eigenvalue weighted by Gasteiger charge is -2.20. The maximum Gasteiger partial charge on any atom is 0.251 e. The maximum atomic E-state index is 13.1. The van der Waals surface area contributed by atoms with Crippen molar-refractivity contribution in [1.29, 1.82) is 0 Å². The third kappa shape index (κ3) is 4.44. The monoisotopic (exact) mass is 334 g/mol. The van der Waals surface area contributed by atoms with Crippen molar-refractivity contribution in [3.8, 4) is 0 Å². The van der Waals surface area contributed by atoms with E-state index >= 15 is 0 Å². The second kappa shape index (κ2) is 7.62. The molecule has 25 heavy (non-hydrogen) atoms. The van der Waals surface area contributed by atoms with E-state index < -0.39 is 6.04 Å². The van der Waals surface area contributed by atoms with Gasteiger partial charge in [-0.2, -0.15) is 0 Å². The Morgan fingerprint density at radius 3 is 2.08 bits per heavy atom. The number of nitrogens with one attached hydrogen (secondary N) is 2. The van der Waals surface area contributed by atoms with Crippen LogP contribution in [0.2, 0.25) is 0 Å². The van der Waals surface area contributed by atoms with Gasteiger partial charge in [-0.05, 0) is 48.9 Å². The number of amides is 1. The van der Waals surface area contributed by atoms with Crippen molar-refractivity contribution in [2.45, 2.75) is 13.0 Å². The Morgan fingerprint density at radius 1 is 0.840 bits per heavy atom. The van der Waals surface area contributed by atoms with Gasteiger partial charge in [0.15, 0.2) is 0 Å². The molecule has 0 radical (unpaired) electrons. The van der Waals surface area contributed by atoms with Crippen LogP contribution in [0.15, 0.2) is 78.9 Å². The summed E-state index contributed by atoms with van der Waals surface area (Å²) >= 11 is 0. The van der Waals surface area contributed by atoms with Crippen molar-refractivity contribution < 1.29 is 9.18 Å². The molecular weight excluding hydrogens is 315 g/mol. The van der Waals surface area contributed by atoms with Crippen LogP contribution in [0.3, 0.4) is 0 Å². The quantitative estimate of drug-likeness (QED) is 0.695. The van der Waals surface area contributed by atoms with E-state index in [1.165, 1.54) is 12.1 Å². The molecule has 0 unspecified atom stereocenters.